The van der Waals surface area contributed by atoms with E-state index in [1.807, 2.05) is 0 Å². The molecule has 0 aromatic heterocycles. The average molecular weight is 280 g/mol. The predicted octanol–water partition coefficient (Wildman–Crippen LogP) is 3.37. The summed E-state index contributed by atoms with van der Waals surface area (Å²) in [6.07, 6.45) is 14.8. The van der Waals surface area contributed by atoms with Crippen LogP contribution in [0.1, 0.15) is 77.0 Å². The van der Waals surface area contributed by atoms with E-state index in [1.165, 1.54) is 64.2 Å². The van der Waals surface area contributed by atoms with Crippen LogP contribution in [-0.4, -0.2) is 19.0 Å². The van der Waals surface area contributed by atoms with Crippen LogP contribution in [0.2, 0.25) is 0 Å². The largest absolute Gasteiger partial charge is 0.355 e. The third kappa shape index (κ3) is 4.47. The van der Waals surface area contributed by atoms with Gasteiger partial charge in [0.05, 0.1) is 0 Å². The molecule has 0 unspecified atom stereocenters. The number of hydrogen-bond acceptors (Lipinski definition) is 2. The van der Waals surface area contributed by atoms with Crippen LogP contribution in [0.3, 0.4) is 0 Å². The van der Waals surface area contributed by atoms with Crippen molar-refractivity contribution >= 4 is 5.91 Å². The van der Waals surface area contributed by atoms with E-state index >= 15 is 0 Å². The minimum Gasteiger partial charge on any atom is -0.355 e. The van der Waals surface area contributed by atoms with Crippen molar-refractivity contribution in [2.24, 2.45) is 17.1 Å². The number of carbonyl (C=O) groups excluding carboxylic acids is 1. The Morgan fingerprint density at radius 1 is 0.950 bits per heavy atom. The van der Waals surface area contributed by atoms with Crippen LogP contribution in [0, 0.1) is 11.3 Å². The number of nitrogens with two attached hydrogens (primary N) is 1. The van der Waals surface area contributed by atoms with Crippen molar-refractivity contribution in [2.45, 2.75) is 77.0 Å². The van der Waals surface area contributed by atoms with Gasteiger partial charge in [-0.05, 0) is 37.6 Å². The van der Waals surface area contributed by atoms with Gasteiger partial charge in [-0.25, -0.2) is 0 Å². The van der Waals surface area contributed by atoms with Gasteiger partial charge in [0.25, 0.3) is 0 Å². The van der Waals surface area contributed by atoms with Crippen molar-refractivity contribution in [3.63, 3.8) is 0 Å². The zero-order chi connectivity index (χ0) is 14.3. The van der Waals surface area contributed by atoms with Crippen molar-refractivity contribution < 1.29 is 4.79 Å². The summed E-state index contributed by atoms with van der Waals surface area (Å²) >= 11 is 0. The maximum absolute atomic E-state index is 12.4. The van der Waals surface area contributed by atoms with E-state index in [0.717, 1.165) is 25.9 Å². The maximum atomic E-state index is 12.4. The van der Waals surface area contributed by atoms with E-state index in [2.05, 4.69) is 5.32 Å². The molecular weight excluding hydrogens is 248 g/mol. The fourth-order valence-corrected chi connectivity index (χ4v) is 3.89. The number of amides is 1. The van der Waals surface area contributed by atoms with Crippen molar-refractivity contribution in [1.82, 2.24) is 5.32 Å². The zero-order valence-electron chi connectivity index (χ0n) is 13.0. The molecule has 3 heteroatoms. The van der Waals surface area contributed by atoms with Gasteiger partial charge in [0.15, 0.2) is 0 Å². The summed E-state index contributed by atoms with van der Waals surface area (Å²) in [5.41, 5.74) is 6.19. The molecule has 0 aromatic rings. The second-order valence-corrected chi connectivity index (χ2v) is 7.02. The lowest BCUT2D eigenvalue weighted by atomic mass is 9.74. The first-order chi connectivity index (χ1) is 9.76. The quantitative estimate of drug-likeness (QED) is 0.829. The molecule has 0 aliphatic heterocycles. The molecule has 2 aliphatic carbocycles. The van der Waals surface area contributed by atoms with Gasteiger partial charge in [-0.15, -0.1) is 0 Å². The van der Waals surface area contributed by atoms with Crippen LogP contribution in [0.5, 0.6) is 0 Å². The molecular formula is C17H32N2O. The smallest absolute Gasteiger partial charge is 0.223 e. The van der Waals surface area contributed by atoms with Crippen LogP contribution in [0.4, 0.5) is 0 Å². The highest BCUT2D eigenvalue weighted by atomic mass is 16.1. The molecule has 2 saturated carbocycles. The topological polar surface area (TPSA) is 55.1 Å². The summed E-state index contributed by atoms with van der Waals surface area (Å²) in [5.74, 6) is 0.555. The summed E-state index contributed by atoms with van der Waals surface area (Å²) in [7, 11) is 0. The minimum absolute atomic E-state index is 0.190. The average Bonchev–Trinajstić information content (AvgIpc) is 2.45. The summed E-state index contributed by atoms with van der Waals surface area (Å²) < 4.78 is 0. The van der Waals surface area contributed by atoms with Gasteiger partial charge in [-0.1, -0.05) is 51.4 Å². The number of carbonyl (C=O) groups is 1. The Hall–Kier alpha value is -0.570. The zero-order valence-corrected chi connectivity index (χ0v) is 13.0. The number of rotatable bonds is 4. The van der Waals surface area contributed by atoms with Gasteiger partial charge in [-0.2, -0.15) is 0 Å². The molecule has 2 rings (SSSR count). The second-order valence-electron chi connectivity index (χ2n) is 7.02. The fraction of sp³-hybridized carbons (Fsp3) is 0.941. The van der Waals surface area contributed by atoms with Crippen LogP contribution >= 0.6 is 0 Å². The van der Waals surface area contributed by atoms with E-state index in [0.29, 0.717) is 5.91 Å². The third-order valence-electron chi connectivity index (χ3n) is 5.46. The molecule has 2 aliphatic rings. The molecule has 2 fully saturated rings. The van der Waals surface area contributed by atoms with Crippen LogP contribution in [-0.2, 0) is 4.79 Å². The summed E-state index contributed by atoms with van der Waals surface area (Å²) in [4.78, 5) is 12.4. The van der Waals surface area contributed by atoms with Crippen LogP contribution < -0.4 is 11.1 Å². The summed E-state index contributed by atoms with van der Waals surface area (Å²) in [6.45, 7) is 1.52. The molecule has 1 amide bonds. The van der Waals surface area contributed by atoms with Gasteiger partial charge in [0.2, 0.25) is 5.91 Å². The Kier molecular flexibility index (Phi) is 6.34. The Morgan fingerprint density at radius 2 is 1.50 bits per heavy atom. The molecule has 0 spiro atoms. The highest BCUT2D eigenvalue weighted by Gasteiger charge is 2.31. The van der Waals surface area contributed by atoms with Crippen LogP contribution in [0.15, 0.2) is 0 Å². The lowest BCUT2D eigenvalue weighted by Crippen LogP contribution is -2.45. The SMILES string of the molecule is NCC1(CNC(=O)C2CCCCCCC2)CCCCC1. The van der Waals surface area contributed by atoms with E-state index in [-0.39, 0.29) is 11.3 Å². The highest BCUT2D eigenvalue weighted by Crippen LogP contribution is 2.34. The van der Waals surface area contributed by atoms with Crippen molar-refractivity contribution in [1.29, 1.82) is 0 Å². The molecule has 0 bridgehead atoms. The lowest BCUT2D eigenvalue weighted by molar-refractivity contribution is -0.126. The molecule has 0 aromatic carbocycles. The van der Waals surface area contributed by atoms with Gasteiger partial charge >= 0.3 is 0 Å². The van der Waals surface area contributed by atoms with Crippen LogP contribution in [0.25, 0.3) is 0 Å². The Labute approximate surface area is 124 Å². The normalized spacial score (nSPS) is 24.6. The molecule has 3 nitrogen and oxygen atoms in total. The molecule has 0 saturated heterocycles. The maximum Gasteiger partial charge on any atom is 0.223 e. The highest BCUT2D eigenvalue weighted by molar-refractivity contribution is 5.78. The van der Waals surface area contributed by atoms with Gasteiger partial charge in [-0.3, -0.25) is 4.79 Å². The minimum atomic E-state index is 0.190. The third-order valence-corrected chi connectivity index (χ3v) is 5.46. The lowest BCUT2D eigenvalue weighted by Gasteiger charge is -2.36. The Balaban J connectivity index is 1.80. The predicted molar refractivity (Wildman–Crippen MR) is 83.4 cm³/mol. The molecule has 0 radical (unpaired) electrons. The molecule has 0 atom stereocenters. The summed E-state index contributed by atoms with van der Waals surface area (Å²) in [5, 5.41) is 3.24. The van der Waals surface area contributed by atoms with E-state index < -0.39 is 0 Å². The van der Waals surface area contributed by atoms with E-state index in [9.17, 15) is 4.79 Å². The first kappa shape index (κ1) is 15.8. The Bertz CT molecular complexity index is 289. The fourth-order valence-electron chi connectivity index (χ4n) is 3.89. The van der Waals surface area contributed by atoms with Crippen molar-refractivity contribution in [3.8, 4) is 0 Å². The molecule has 3 N–H and O–H groups in total. The van der Waals surface area contributed by atoms with E-state index in [1.54, 1.807) is 0 Å². The standard InChI is InChI=1S/C17H32N2O/c18-13-17(11-7-4-8-12-17)14-19-16(20)15-9-5-2-1-3-6-10-15/h15H,1-14,18H2,(H,19,20). The van der Waals surface area contributed by atoms with Gasteiger partial charge in [0.1, 0.15) is 0 Å². The number of nitrogens with one attached hydrogen (secondary N) is 1. The molecule has 20 heavy (non-hydrogen) atoms. The Morgan fingerprint density at radius 3 is 2.10 bits per heavy atom. The molecule has 116 valence electrons. The first-order valence-corrected chi connectivity index (χ1v) is 8.74. The monoisotopic (exact) mass is 280 g/mol. The molecule has 0 heterocycles. The van der Waals surface area contributed by atoms with Gasteiger partial charge in [0, 0.05) is 12.5 Å². The van der Waals surface area contributed by atoms with Gasteiger partial charge < -0.3 is 11.1 Å². The van der Waals surface area contributed by atoms with Crippen molar-refractivity contribution in [3.05, 3.63) is 0 Å². The first-order valence-electron chi connectivity index (χ1n) is 8.74. The van der Waals surface area contributed by atoms with E-state index in [4.69, 9.17) is 5.73 Å². The summed E-state index contributed by atoms with van der Waals surface area (Å²) in [6, 6.07) is 0. The van der Waals surface area contributed by atoms with Crippen molar-refractivity contribution in [2.75, 3.05) is 13.1 Å². The second kappa shape index (κ2) is 8.02. The number of hydrogen-bond donors (Lipinski definition) is 2.